The molecular formula is C22H17BrN2O3. The molecule has 4 rings (SSSR count). The lowest BCUT2D eigenvalue weighted by molar-refractivity contribution is 0.296. The Kier molecular flexibility index (Phi) is 5.12. The number of halogens is 1. The van der Waals surface area contributed by atoms with Crippen molar-refractivity contribution in [1.82, 2.24) is 9.97 Å². The summed E-state index contributed by atoms with van der Waals surface area (Å²) < 4.78 is 12.3. The van der Waals surface area contributed by atoms with Crippen LogP contribution >= 0.6 is 15.9 Å². The summed E-state index contributed by atoms with van der Waals surface area (Å²) >= 11 is 3.41. The fourth-order valence-electron chi connectivity index (χ4n) is 2.95. The molecule has 1 N–H and O–H groups in total. The lowest BCUT2D eigenvalue weighted by Gasteiger charge is -2.12. The maximum Gasteiger partial charge on any atom is 0.259 e. The average molecular weight is 437 g/mol. The van der Waals surface area contributed by atoms with Gasteiger partial charge >= 0.3 is 0 Å². The number of para-hydroxylation sites is 1. The van der Waals surface area contributed by atoms with Gasteiger partial charge in [0, 0.05) is 15.6 Å². The molecule has 3 aromatic carbocycles. The third-order valence-corrected chi connectivity index (χ3v) is 4.90. The quantitative estimate of drug-likeness (QED) is 0.481. The number of fused-ring (bicyclic) bond motifs is 1. The van der Waals surface area contributed by atoms with E-state index >= 15 is 0 Å². The second-order valence-electron chi connectivity index (χ2n) is 6.20. The van der Waals surface area contributed by atoms with Crippen LogP contribution in [0.2, 0.25) is 0 Å². The molecule has 0 unspecified atom stereocenters. The Morgan fingerprint density at radius 3 is 2.61 bits per heavy atom. The summed E-state index contributed by atoms with van der Waals surface area (Å²) in [4.78, 5) is 19.8. The lowest BCUT2D eigenvalue weighted by Crippen LogP contribution is -2.09. The Hall–Kier alpha value is -3.12. The number of aromatic nitrogens is 2. The highest BCUT2D eigenvalue weighted by Crippen LogP contribution is 2.27. The van der Waals surface area contributed by atoms with Crippen LogP contribution in [0, 0.1) is 0 Å². The first-order valence-corrected chi connectivity index (χ1v) is 9.48. The fraction of sp³-hybridized carbons (Fsp3) is 0.0909. The van der Waals surface area contributed by atoms with E-state index in [-0.39, 0.29) is 5.56 Å². The van der Waals surface area contributed by atoms with E-state index in [2.05, 4.69) is 25.9 Å². The van der Waals surface area contributed by atoms with Crippen LogP contribution in [0.5, 0.6) is 11.5 Å². The van der Waals surface area contributed by atoms with Gasteiger partial charge in [-0.1, -0.05) is 28.1 Å². The smallest absolute Gasteiger partial charge is 0.259 e. The molecule has 0 aliphatic carbocycles. The molecule has 5 nitrogen and oxygen atoms in total. The van der Waals surface area contributed by atoms with Crippen molar-refractivity contribution in [2.24, 2.45) is 0 Å². The van der Waals surface area contributed by atoms with E-state index in [1.165, 1.54) is 0 Å². The standard InChI is InChI=1S/C22H17BrN2O3/c1-27-20-11-6-14(12-15(20)13-28-17-9-7-16(23)8-10-17)21-24-19-5-3-2-4-18(19)22(26)25-21/h2-12H,13H2,1H3,(H,24,25,26). The van der Waals surface area contributed by atoms with Crippen molar-refractivity contribution in [2.75, 3.05) is 7.11 Å². The normalized spacial score (nSPS) is 10.8. The van der Waals surface area contributed by atoms with Gasteiger partial charge in [-0.05, 0) is 54.6 Å². The molecule has 0 fully saturated rings. The number of hydrogen-bond donors (Lipinski definition) is 1. The van der Waals surface area contributed by atoms with E-state index in [1.807, 2.05) is 60.7 Å². The predicted octanol–water partition coefficient (Wildman–Crippen LogP) is 4.94. The molecule has 0 spiro atoms. The molecule has 140 valence electrons. The zero-order valence-electron chi connectivity index (χ0n) is 15.1. The molecule has 0 saturated carbocycles. The van der Waals surface area contributed by atoms with Crippen molar-refractivity contribution >= 4 is 26.8 Å². The van der Waals surface area contributed by atoms with Crippen LogP contribution in [0.4, 0.5) is 0 Å². The average Bonchev–Trinajstić information content (AvgIpc) is 2.73. The maximum atomic E-state index is 12.4. The molecule has 28 heavy (non-hydrogen) atoms. The van der Waals surface area contributed by atoms with Gasteiger partial charge in [0.15, 0.2) is 0 Å². The zero-order valence-corrected chi connectivity index (χ0v) is 16.7. The van der Waals surface area contributed by atoms with E-state index in [0.717, 1.165) is 21.3 Å². The van der Waals surface area contributed by atoms with E-state index in [0.29, 0.717) is 29.1 Å². The van der Waals surface area contributed by atoms with Crippen molar-refractivity contribution in [3.63, 3.8) is 0 Å². The zero-order chi connectivity index (χ0) is 19.5. The van der Waals surface area contributed by atoms with Crippen LogP contribution in [0.1, 0.15) is 5.56 Å². The minimum absolute atomic E-state index is 0.163. The number of rotatable bonds is 5. The molecule has 0 radical (unpaired) electrons. The van der Waals surface area contributed by atoms with E-state index in [4.69, 9.17) is 9.47 Å². The number of nitrogens with one attached hydrogen (secondary N) is 1. The largest absolute Gasteiger partial charge is 0.496 e. The monoisotopic (exact) mass is 436 g/mol. The first-order chi connectivity index (χ1) is 13.6. The van der Waals surface area contributed by atoms with Gasteiger partial charge in [-0.3, -0.25) is 4.79 Å². The van der Waals surface area contributed by atoms with Gasteiger partial charge in [-0.25, -0.2) is 4.98 Å². The molecular weight excluding hydrogens is 420 g/mol. The van der Waals surface area contributed by atoms with Crippen molar-refractivity contribution in [2.45, 2.75) is 6.61 Å². The van der Waals surface area contributed by atoms with Gasteiger partial charge in [0.05, 0.1) is 18.0 Å². The first-order valence-electron chi connectivity index (χ1n) is 8.69. The minimum atomic E-state index is -0.163. The van der Waals surface area contributed by atoms with Crippen LogP contribution < -0.4 is 15.0 Å². The number of benzene rings is 3. The number of aromatic amines is 1. The topological polar surface area (TPSA) is 64.2 Å². The van der Waals surface area contributed by atoms with E-state index in [9.17, 15) is 4.79 Å². The maximum absolute atomic E-state index is 12.4. The molecule has 0 aliphatic rings. The van der Waals surface area contributed by atoms with Gasteiger partial charge in [0.25, 0.3) is 5.56 Å². The van der Waals surface area contributed by atoms with Gasteiger partial charge in [0.2, 0.25) is 0 Å². The summed E-state index contributed by atoms with van der Waals surface area (Å²) in [5.74, 6) is 1.98. The summed E-state index contributed by atoms with van der Waals surface area (Å²) in [6, 6.07) is 20.6. The SMILES string of the molecule is COc1ccc(-c2nc3ccccc3c(=O)[nH]2)cc1COc1ccc(Br)cc1. The lowest BCUT2D eigenvalue weighted by atomic mass is 10.1. The van der Waals surface area contributed by atoms with Gasteiger partial charge in [-0.15, -0.1) is 0 Å². The highest BCUT2D eigenvalue weighted by atomic mass is 79.9. The second kappa shape index (κ2) is 7.86. The van der Waals surface area contributed by atoms with Crippen LogP contribution in [0.25, 0.3) is 22.3 Å². The van der Waals surface area contributed by atoms with Gasteiger partial charge < -0.3 is 14.5 Å². The Labute approximate surface area is 170 Å². The number of H-pyrrole nitrogens is 1. The Bertz CT molecular complexity index is 1190. The van der Waals surface area contributed by atoms with Crippen molar-refractivity contribution in [3.05, 3.63) is 87.1 Å². The minimum Gasteiger partial charge on any atom is -0.496 e. The Morgan fingerprint density at radius 2 is 1.82 bits per heavy atom. The summed E-state index contributed by atoms with van der Waals surface area (Å²) in [6.45, 7) is 0.330. The van der Waals surface area contributed by atoms with E-state index < -0.39 is 0 Å². The van der Waals surface area contributed by atoms with Crippen LogP contribution in [-0.4, -0.2) is 17.1 Å². The van der Waals surface area contributed by atoms with E-state index in [1.54, 1.807) is 13.2 Å². The first kappa shape index (κ1) is 18.3. The molecule has 0 amide bonds. The summed E-state index contributed by atoms with van der Waals surface area (Å²) in [7, 11) is 1.62. The Morgan fingerprint density at radius 1 is 1.04 bits per heavy atom. The van der Waals surface area contributed by atoms with Gasteiger partial charge in [0.1, 0.15) is 23.9 Å². The number of ether oxygens (including phenoxy) is 2. The number of hydrogen-bond acceptors (Lipinski definition) is 4. The highest BCUT2D eigenvalue weighted by Gasteiger charge is 2.10. The van der Waals surface area contributed by atoms with Gasteiger partial charge in [-0.2, -0.15) is 0 Å². The van der Waals surface area contributed by atoms with Crippen LogP contribution in [0.3, 0.4) is 0 Å². The number of methoxy groups -OCH3 is 1. The molecule has 4 aromatic rings. The molecule has 1 heterocycles. The van der Waals surface area contributed by atoms with Crippen molar-refractivity contribution < 1.29 is 9.47 Å². The Balaban J connectivity index is 1.68. The molecule has 6 heteroatoms. The molecule has 0 atom stereocenters. The van der Waals surface area contributed by atoms with Crippen LogP contribution in [-0.2, 0) is 6.61 Å². The summed E-state index contributed by atoms with van der Waals surface area (Å²) in [5, 5.41) is 0.568. The van der Waals surface area contributed by atoms with Crippen molar-refractivity contribution in [3.8, 4) is 22.9 Å². The predicted molar refractivity (Wildman–Crippen MR) is 113 cm³/mol. The van der Waals surface area contributed by atoms with Crippen molar-refractivity contribution in [1.29, 1.82) is 0 Å². The highest BCUT2D eigenvalue weighted by molar-refractivity contribution is 9.10. The molecule has 1 aromatic heterocycles. The number of nitrogens with zero attached hydrogens (tertiary/aromatic N) is 1. The van der Waals surface area contributed by atoms with Crippen LogP contribution in [0.15, 0.2) is 76.0 Å². The fourth-order valence-corrected chi connectivity index (χ4v) is 3.22. The summed E-state index contributed by atoms with van der Waals surface area (Å²) in [5.41, 5.74) is 2.14. The molecule has 0 bridgehead atoms. The summed E-state index contributed by atoms with van der Waals surface area (Å²) in [6.07, 6.45) is 0. The third kappa shape index (κ3) is 3.77. The molecule has 0 aliphatic heterocycles. The second-order valence-corrected chi connectivity index (χ2v) is 7.12. The third-order valence-electron chi connectivity index (χ3n) is 4.37. The molecule has 0 saturated heterocycles.